The zero-order chi connectivity index (χ0) is 12.8. The van der Waals surface area contributed by atoms with E-state index in [1.807, 2.05) is 0 Å². The lowest BCUT2D eigenvalue weighted by molar-refractivity contribution is 0.709. The molecule has 0 aromatic heterocycles. The summed E-state index contributed by atoms with van der Waals surface area (Å²) < 4.78 is 0. The average Bonchev–Trinajstić information content (AvgIpc) is 2.36. The Hall–Kier alpha value is -1.63. The van der Waals surface area contributed by atoms with Crippen LogP contribution in [0.3, 0.4) is 0 Å². The molecule has 0 aliphatic heterocycles. The molecule has 8 nitrogen and oxygen atoms in total. The second-order valence-corrected chi connectivity index (χ2v) is 3.28. The van der Waals surface area contributed by atoms with Crippen molar-refractivity contribution < 1.29 is 0 Å². The maximum Gasteiger partial charge on any atom is 0.0916 e. The molecule has 8 heteroatoms. The fraction of sp³-hybridized carbons (Fsp3) is 0.778. The first-order chi connectivity index (χ1) is 8.35. The molecule has 0 heterocycles. The van der Waals surface area contributed by atoms with Gasteiger partial charge in [-0.05, 0) is 31.5 Å². The van der Waals surface area contributed by atoms with Crippen molar-refractivity contribution in [2.24, 2.45) is 26.8 Å². The number of rotatable bonds is 10. The number of nitrogens with two attached hydrogens (primary N) is 2. The van der Waals surface area contributed by atoms with Crippen LogP contribution >= 0.6 is 0 Å². The third-order valence-corrected chi connectivity index (χ3v) is 1.88. The summed E-state index contributed by atoms with van der Waals surface area (Å²) in [7, 11) is 0. The van der Waals surface area contributed by atoms with Crippen molar-refractivity contribution in [3.8, 4) is 0 Å². The van der Waals surface area contributed by atoms with E-state index in [2.05, 4.69) is 25.4 Å². The quantitative estimate of drug-likeness (QED) is 0.0942. The summed E-state index contributed by atoms with van der Waals surface area (Å²) in [5.41, 5.74) is 14.1. The molecule has 0 radical (unpaired) electrons. The lowest BCUT2D eigenvalue weighted by Gasteiger charge is -2.02. The minimum absolute atomic E-state index is 0.489. The molecule has 0 saturated heterocycles. The van der Waals surface area contributed by atoms with Gasteiger partial charge in [-0.2, -0.15) is 5.10 Å². The molecule has 17 heavy (non-hydrogen) atoms. The number of aliphatic imine (C=N–C) groups is 1. The van der Waals surface area contributed by atoms with E-state index in [1.54, 1.807) is 6.21 Å². The number of nitrogens with one attached hydrogen (secondary N) is 1. The first-order valence-electron chi connectivity index (χ1n) is 5.53. The number of azide groups is 1. The van der Waals surface area contributed by atoms with Gasteiger partial charge in [0.05, 0.1) is 5.71 Å². The second kappa shape index (κ2) is 12.4. The highest BCUT2D eigenvalue weighted by atomic mass is 15.1. The summed E-state index contributed by atoms with van der Waals surface area (Å²) in [6.45, 7) is 3.10. The van der Waals surface area contributed by atoms with Gasteiger partial charge in [0.25, 0.3) is 0 Å². The molecule has 0 aliphatic carbocycles. The Labute approximate surface area is 101 Å². The molecule has 0 bridgehead atoms. The van der Waals surface area contributed by atoms with Gasteiger partial charge in [0.2, 0.25) is 0 Å². The van der Waals surface area contributed by atoms with E-state index < -0.39 is 0 Å². The molecule has 0 spiro atoms. The van der Waals surface area contributed by atoms with Gasteiger partial charge in [-0.15, -0.1) is 0 Å². The monoisotopic (exact) mass is 240 g/mol. The van der Waals surface area contributed by atoms with Gasteiger partial charge in [0.15, 0.2) is 0 Å². The van der Waals surface area contributed by atoms with E-state index in [9.17, 15) is 0 Å². The van der Waals surface area contributed by atoms with Crippen LogP contribution in [0.2, 0.25) is 0 Å². The molecule has 0 fully saturated rings. The van der Waals surface area contributed by atoms with Gasteiger partial charge in [-0.25, -0.2) is 0 Å². The normalized spacial score (nSPS) is 11.7. The van der Waals surface area contributed by atoms with E-state index in [0.29, 0.717) is 31.9 Å². The fourth-order valence-corrected chi connectivity index (χ4v) is 1.01. The fourth-order valence-electron chi connectivity index (χ4n) is 1.01. The van der Waals surface area contributed by atoms with Crippen molar-refractivity contribution in [1.82, 2.24) is 5.32 Å². The maximum absolute atomic E-state index is 8.07. The van der Waals surface area contributed by atoms with Crippen LogP contribution in [0.1, 0.15) is 12.8 Å². The summed E-state index contributed by atoms with van der Waals surface area (Å²) in [4.78, 5) is 6.80. The number of hydrazone groups is 1. The Bertz CT molecular complexity index is 279. The van der Waals surface area contributed by atoms with Gasteiger partial charge in [-0.1, -0.05) is 5.11 Å². The second-order valence-electron chi connectivity index (χ2n) is 3.28. The molecule has 0 saturated carbocycles. The first-order valence-corrected chi connectivity index (χ1v) is 5.53. The summed E-state index contributed by atoms with van der Waals surface area (Å²) in [5, 5.41) is 10.2. The number of nitrogens with zero attached hydrogens (tertiary/aromatic N) is 5. The number of hydrogen-bond donors (Lipinski definition) is 3. The summed E-state index contributed by atoms with van der Waals surface area (Å²) >= 11 is 0. The van der Waals surface area contributed by atoms with Crippen LogP contribution in [-0.4, -0.2) is 44.7 Å². The van der Waals surface area contributed by atoms with Crippen LogP contribution < -0.4 is 16.9 Å². The lowest BCUT2D eigenvalue weighted by Crippen LogP contribution is -2.26. The maximum atomic E-state index is 8.07. The molecule has 0 unspecified atom stereocenters. The largest absolute Gasteiger partial charge is 0.330 e. The van der Waals surface area contributed by atoms with Crippen LogP contribution in [0, 0.1) is 0 Å². The van der Waals surface area contributed by atoms with Crippen LogP contribution in [0.25, 0.3) is 10.4 Å². The number of hydrogen-bond acceptors (Lipinski definition) is 6. The molecule has 0 atom stereocenters. The average molecular weight is 240 g/mol. The van der Waals surface area contributed by atoms with Crippen LogP contribution in [0.5, 0.6) is 0 Å². The summed E-state index contributed by atoms with van der Waals surface area (Å²) in [5.74, 6) is 5.22. The van der Waals surface area contributed by atoms with Crippen molar-refractivity contribution >= 4 is 11.9 Å². The molecule has 0 amide bonds. The Balaban J connectivity index is 3.61. The minimum atomic E-state index is 0.489. The Morgan fingerprint density at radius 2 is 2.18 bits per heavy atom. The Morgan fingerprint density at radius 3 is 2.82 bits per heavy atom. The van der Waals surface area contributed by atoms with Crippen LogP contribution in [0.4, 0.5) is 0 Å². The predicted molar refractivity (Wildman–Crippen MR) is 70.2 cm³/mol. The first kappa shape index (κ1) is 15.4. The molecule has 0 aromatic rings. The zero-order valence-electron chi connectivity index (χ0n) is 9.92. The predicted octanol–water partition coefficient (Wildman–Crippen LogP) is 0.0107. The molecule has 5 N–H and O–H groups in total. The van der Waals surface area contributed by atoms with Crippen LogP contribution in [-0.2, 0) is 0 Å². The topological polar surface area (TPSA) is 138 Å². The van der Waals surface area contributed by atoms with Crippen molar-refractivity contribution in [2.45, 2.75) is 12.8 Å². The van der Waals surface area contributed by atoms with Gasteiger partial charge in [0.1, 0.15) is 0 Å². The molecule has 0 aliphatic rings. The molecule has 0 aromatic carbocycles. The molecule has 96 valence electrons. The standard InChI is InChI=1S/C9H20N8/c10-3-1-4-13-7-9(16-11)8-14-5-2-6-15-17-12/h7,14H,1-6,8,10-11H2. The van der Waals surface area contributed by atoms with Crippen LogP contribution in [0.15, 0.2) is 15.2 Å². The third kappa shape index (κ3) is 10.6. The van der Waals surface area contributed by atoms with E-state index >= 15 is 0 Å². The summed E-state index contributed by atoms with van der Waals surface area (Å²) in [6.07, 6.45) is 3.29. The smallest absolute Gasteiger partial charge is 0.0916 e. The molecular formula is C9H20N8. The van der Waals surface area contributed by atoms with Gasteiger partial charge >= 0.3 is 0 Å². The summed E-state index contributed by atoms with van der Waals surface area (Å²) in [6, 6.07) is 0. The van der Waals surface area contributed by atoms with E-state index in [-0.39, 0.29) is 0 Å². The Kier molecular flexibility index (Phi) is 11.2. The zero-order valence-corrected chi connectivity index (χ0v) is 9.92. The Morgan fingerprint density at radius 1 is 1.35 bits per heavy atom. The van der Waals surface area contributed by atoms with Gasteiger partial charge in [-0.3, -0.25) is 4.99 Å². The van der Waals surface area contributed by atoms with Gasteiger partial charge in [0, 0.05) is 30.8 Å². The molecular weight excluding hydrogens is 220 g/mol. The van der Waals surface area contributed by atoms with Gasteiger partial charge < -0.3 is 16.9 Å². The SMILES string of the molecule is [N-]=[N+]=NCCCNCC(C=NCCCN)=NN. The van der Waals surface area contributed by atoms with Crippen molar-refractivity contribution in [3.05, 3.63) is 10.4 Å². The third-order valence-electron chi connectivity index (χ3n) is 1.88. The highest BCUT2D eigenvalue weighted by Gasteiger charge is 1.94. The highest BCUT2D eigenvalue weighted by Crippen LogP contribution is 1.81. The van der Waals surface area contributed by atoms with E-state index in [4.69, 9.17) is 17.1 Å². The van der Waals surface area contributed by atoms with Crippen molar-refractivity contribution in [2.75, 3.05) is 32.7 Å². The lowest BCUT2D eigenvalue weighted by atomic mass is 10.3. The highest BCUT2D eigenvalue weighted by molar-refractivity contribution is 6.31. The van der Waals surface area contributed by atoms with Crippen molar-refractivity contribution in [3.63, 3.8) is 0 Å². The minimum Gasteiger partial charge on any atom is -0.330 e. The molecule has 0 rings (SSSR count). The van der Waals surface area contributed by atoms with Crippen molar-refractivity contribution in [1.29, 1.82) is 0 Å². The van der Waals surface area contributed by atoms with E-state index in [1.165, 1.54) is 0 Å². The van der Waals surface area contributed by atoms with E-state index in [0.717, 1.165) is 19.4 Å².